The molecule has 0 fully saturated rings. The molecular weight excluding hydrogens is 150 g/mol. The maximum atomic E-state index is 10.8. The number of rotatable bonds is 2. The number of hydrogen-bond acceptors (Lipinski definition) is 1. The predicted octanol–water partition coefficient (Wildman–Crippen LogP) is 0.752. The molecule has 0 spiro atoms. The van der Waals surface area contributed by atoms with E-state index in [1.54, 1.807) is 0 Å². The maximum absolute atomic E-state index is 10.8. The van der Waals surface area contributed by atoms with E-state index in [9.17, 15) is 4.79 Å². The normalized spacial score (nSPS) is 12.3. The number of alkyl halides is 1. The van der Waals surface area contributed by atoms with Crippen molar-refractivity contribution in [3.8, 4) is 12.3 Å². The van der Waals surface area contributed by atoms with E-state index in [0.717, 1.165) is 0 Å². The minimum absolute atomic E-state index is 0.0853. The fourth-order valence-corrected chi connectivity index (χ4v) is 0.496. The van der Waals surface area contributed by atoms with Crippen molar-refractivity contribution in [2.24, 2.45) is 0 Å². The second kappa shape index (κ2) is 4.19. The molecule has 3 heteroatoms. The highest BCUT2D eigenvalue weighted by Crippen LogP contribution is 1.93. The van der Waals surface area contributed by atoms with E-state index >= 15 is 0 Å². The van der Waals surface area contributed by atoms with Crippen molar-refractivity contribution in [2.45, 2.75) is 25.3 Å². The van der Waals surface area contributed by atoms with Crippen LogP contribution in [0.4, 0.5) is 0 Å². The zero-order chi connectivity index (χ0) is 8.15. The lowest BCUT2D eigenvalue weighted by Crippen LogP contribution is -2.35. The van der Waals surface area contributed by atoms with Gasteiger partial charge in [-0.25, -0.2) is 0 Å². The summed E-state index contributed by atoms with van der Waals surface area (Å²) in [5, 5.41) is 1.74. The van der Waals surface area contributed by atoms with Crippen LogP contribution < -0.4 is 5.32 Å². The summed E-state index contributed by atoms with van der Waals surface area (Å²) in [5.74, 6) is 1.82. The van der Waals surface area contributed by atoms with Crippen molar-refractivity contribution >= 4 is 17.5 Å². The quantitative estimate of drug-likeness (QED) is 0.468. The average Bonchev–Trinajstić information content (AvgIpc) is 1.85. The van der Waals surface area contributed by atoms with Gasteiger partial charge in [0.25, 0.3) is 5.91 Å². The summed E-state index contributed by atoms with van der Waals surface area (Å²) in [6.07, 6.45) is 4.91. The van der Waals surface area contributed by atoms with Gasteiger partial charge in [0.1, 0.15) is 0 Å². The Morgan fingerprint density at radius 2 is 2.20 bits per heavy atom. The lowest BCUT2D eigenvalue weighted by molar-refractivity contribution is -0.120. The molecule has 0 bridgehead atoms. The first kappa shape index (κ1) is 9.32. The molecular formula is C7H10ClNO. The van der Waals surface area contributed by atoms with Gasteiger partial charge in [-0.1, -0.05) is 17.5 Å². The Kier molecular flexibility index (Phi) is 3.90. The lowest BCUT2D eigenvalue weighted by atomic mass is 10.3. The van der Waals surface area contributed by atoms with E-state index in [2.05, 4.69) is 11.2 Å². The molecule has 0 radical (unpaired) electrons. The second-order valence-corrected chi connectivity index (χ2v) is 2.63. The molecule has 0 heterocycles. The van der Waals surface area contributed by atoms with E-state index in [1.807, 2.05) is 13.8 Å². The summed E-state index contributed by atoms with van der Waals surface area (Å²) in [6, 6.07) is 0.0853. The van der Waals surface area contributed by atoms with E-state index < -0.39 is 5.38 Å². The zero-order valence-electron chi connectivity index (χ0n) is 6.02. The summed E-state index contributed by atoms with van der Waals surface area (Å²) in [6.45, 7) is 3.69. The molecule has 2 nitrogen and oxygen atoms in total. The topological polar surface area (TPSA) is 29.1 Å². The first-order chi connectivity index (χ1) is 4.57. The Labute approximate surface area is 65.9 Å². The zero-order valence-corrected chi connectivity index (χ0v) is 6.77. The Hall–Kier alpha value is -0.680. The van der Waals surface area contributed by atoms with E-state index in [-0.39, 0.29) is 11.9 Å². The van der Waals surface area contributed by atoms with Crippen LogP contribution in [0, 0.1) is 12.3 Å². The number of carbonyl (C=O) groups is 1. The van der Waals surface area contributed by atoms with Gasteiger partial charge >= 0.3 is 0 Å². The van der Waals surface area contributed by atoms with Crippen molar-refractivity contribution < 1.29 is 4.79 Å². The molecule has 1 N–H and O–H groups in total. The largest absolute Gasteiger partial charge is 0.352 e. The molecule has 0 unspecified atom stereocenters. The van der Waals surface area contributed by atoms with Gasteiger partial charge in [-0.05, 0) is 13.8 Å². The van der Waals surface area contributed by atoms with E-state index in [4.69, 9.17) is 18.0 Å². The number of nitrogens with one attached hydrogen (secondary N) is 1. The molecule has 0 saturated carbocycles. The Morgan fingerprint density at radius 3 is 2.50 bits per heavy atom. The van der Waals surface area contributed by atoms with Gasteiger partial charge in [0.05, 0.1) is 0 Å². The highest BCUT2D eigenvalue weighted by atomic mass is 35.5. The van der Waals surface area contributed by atoms with Crippen LogP contribution in [-0.2, 0) is 4.79 Å². The van der Waals surface area contributed by atoms with Crippen LogP contribution in [0.5, 0.6) is 0 Å². The van der Waals surface area contributed by atoms with E-state index in [0.29, 0.717) is 0 Å². The molecule has 0 aromatic carbocycles. The van der Waals surface area contributed by atoms with Crippen LogP contribution >= 0.6 is 11.6 Å². The molecule has 0 rings (SSSR count). The molecule has 1 atom stereocenters. The SMILES string of the molecule is C#C[C@H](Cl)C(=O)NC(C)C. The minimum Gasteiger partial charge on any atom is -0.352 e. The number of terminal acetylenes is 1. The van der Waals surface area contributed by atoms with Gasteiger partial charge in [-0.15, -0.1) is 6.42 Å². The van der Waals surface area contributed by atoms with Gasteiger partial charge in [0, 0.05) is 6.04 Å². The number of amides is 1. The van der Waals surface area contributed by atoms with Crippen molar-refractivity contribution in [1.29, 1.82) is 0 Å². The van der Waals surface area contributed by atoms with Crippen LogP contribution in [0.15, 0.2) is 0 Å². The van der Waals surface area contributed by atoms with Crippen LogP contribution in [0.25, 0.3) is 0 Å². The van der Waals surface area contributed by atoms with Gasteiger partial charge in [-0.3, -0.25) is 4.79 Å². The van der Waals surface area contributed by atoms with Gasteiger partial charge in [0.15, 0.2) is 5.38 Å². The third kappa shape index (κ3) is 3.37. The third-order valence-electron chi connectivity index (χ3n) is 0.807. The molecule has 10 heavy (non-hydrogen) atoms. The first-order valence-corrected chi connectivity index (χ1v) is 3.42. The molecule has 0 aliphatic rings. The van der Waals surface area contributed by atoms with Crippen LogP contribution in [0.1, 0.15) is 13.8 Å². The summed E-state index contributed by atoms with van der Waals surface area (Å²) in [5.41, 5.74) is 0. The fraction of sp³-hybridized carbons (Fsp3) is 0.571. The second-order valence-electron chi connectivity index (χ2n) is 2.19. The van der Waals surface area contributed by atoms with Crippen molar-refractivity contribution in [2.75, 3.05) is 0 Å². The standard InChI is InChI=1S/C7H10ClNO/c1-4-6(8)7(10)9-5(2)3/h1,5-6H,2-3H3,(H,9,10)/t6-/m0/s1. The molecule has 56 valence electrons. The van der Waals surface area contributed by atoms with Crippen LogP contribution in [0.3, 0.4) is 0 Å². The van der Waals surface area contributed by atoms with Crippen molar-refractivity contribution in [3.63, 3.8) is 0 Å². The molecule has 0 aliphatic carbocycles. The number of carbonyl (C=O) groups excluding carboxylic acids is 1. The smallest absolute Gasteiger partial charge is 0.250 e. The Bertz CT molecular complexity index is 159. The molecule has 1 amide bonds. The van der Waals surface area contributed by atoms with Crippen molar-refractivity contribution in [1.82, 2.24) is 5.32 Å². The predicted molar refractivity (Wildman–Crippen MR) is 41.8 cm³/mol. The van der Waals surface area contributed by atoms with Gasteiger partial charge in [-0.2, -0.15) is 0 Å². The molecule has 0 saturated heterocycles. The van der Waals surface area contributed by atoms with Gasteiger partial charge in [0.2, 0.25) is 0 Å². The molecule has 0 aromatic rings. The number of hydrogen-bond donors (Lipinski definition) is 1. The maximum Gasteiger partial charge on any atom is 0.250 e. The third-order valence-corrected chi connectivity index (χ3v) is 1.13. The molecule has 0 aromatic heterocycles. The molecule has 0 aliphatic heterocycles. The summed E-state index contributed by atoms with van der Waals surface area (Å²) >= 11 is 5.41. The van der Waals surface area contributed by atoms with E-state index in [1.165, 1.54) is 0 Å². The lowest BCUT2D eigenvalue weighted by Gasteiger charge is -2.07. The van der Waals surface area contributed by atoms with Crippen LogP contribution in [0.2, 0.25) is 0 Å². The van der Waals surface area contributed by atoms with Crippen molar-refractivity contribution in [3.05, 3.63) is 0 Å². The average molecular weight is 160 g/mol. The highest BCUT2D eigenvalue weighted by molar-refractivity contribution is 6.32. The Morgan fingerprint density at radius 1 is 1.70 bits per heavy atom. The summed E-state index contributed by atoms with van der Waals surface area (Å²) in [7, 11) is 0. The van der Waals surface area contributed by atoms with Crippen LogP contribution in [-0.4, -0.2) is 17.3 Å². The summed E-state index contributed by atoms with van der Waals surface area (Å²) < 4.78 is 0. The fourth-order valence-electron chi connectivity index (χ4n) is 0.433. The van der Waals surface area contributed by atoms with Gasteiger partial charge < -0.3 is 5.32 Å². The monoisotopic (exact) mass is 159 g/mol. The summed E-state index contributed by atoms with van der Waals surface area (Å²) in [4.78, 5) is 10.8. The minimum atomic E-state index is -0.845. The Balaban J connectivity index is 3.76. The number of halogens is 1. The highest BCUT2D eigenvalue weighted by Gasteiger charge is 2.11. The first-order valence-electron chi connectivity index (χ1n) is 2.98.